The number of thiophene rings is 1. The number of carbonyl (C=O) groups is 3. The number of halogens is 1. The Bertz CT molecular complexity index is 844. The van der Waals surface area contributed by atoms with Gasteiger partial charge in [0.2, 0.25) is 11.7 Å². The van der Waals surface area contributed by atoms with E-state index in [9.17, 15) is 14.4 Å². The lowest BCUT2D eigenvalue weighted by Gasteiger charge is -2.11. The molecule has 27 heavy (non-hydrogen) atoms. The fourth-order valence-corrected chi connectivity index (χ4v) is 2.97. The third-order valence-electron chi connectivity index (χ3n) is 3.45. The largest absolute Gasteiger partial charge is 0.497 e. The molecular formula is C19H18ClNO5S. The van der Waals surface area contributed by atoms with Gasteiger partial charge in [0.15, 0.2) is 6.61 Å². The molecule has 0 aliphatic rings. The number of rotatable bonds is 8. The minimum Gasteiger partial charge on any atom is -0.497 e. The lowest BCUT2D eigenvalue weighted by atomic mass is 10.2. The summed E-state index contributed by atoms with van der Waals surface area (Å²) < 4.78 is 10.5. The van der Waals surface area contributed by atoms with Crippen LogP contribution in [0.3, 0.4) is 0 Å². The summed E-state index contributed by atoms with van der Waals surface area (Å²) in [4.78, 5) is 36.1. The van der Waals surface area contributed by atoms with Crippen molar-refractivity contribution >= 4 is 46.7 Å². The summed E-state index contributed by atoms with van der Waals surface area (Å²) in [5, 5.41) is 2.49. The van der Waals surface area contributed by atoms with Gasteiger partial charge in [0, 0.05) is 6.08 Å². The molecule has 6 nitrogen and oxygen atoms in total. The van der Waals surface area contributed by atoms with Crippen LogP contribution >= 0.6 is 22.9 Å². The monoisotopic (exact) mass is 407 g/mol. The van der Waals surface area contributed by atoms with Gasteiger partial charge < -0.3 is 14.8 Å². The molecule has 0 fully saturated rings. The van der Waals surface area contributed by atoms with E-state index in [1.54, 1.807) is 49.6 Å². The topological polar surface area (TPSA) is 81.7 Å². The first-order valence-electron chi connectivity index (χ1n) is 7.97. The summed E-state index contributed by atoms with van der Waals surface area (Å²) in [6.07, 6.45) is 2.92. The summed E-state index contributed by atoms with van der Waals surface area (Å²) in [5.74, 6) is -0.783. The van der Waals surface area contributed by atoms with Gasteiger partial charge in [-0.15, -0.1) is 11.3 Å². The van der Waals surface area contributed by atoms with E-state index in [0.717, 1.165) is 16.9 Å². The molecule has 0 aliphatic carbocycles. The number of hydrogen-bond donors (Lipinski definition) is 1. The number of esters is 1. The van der Waals surface area contributed by atoms with E-state index in [-0.39, 0.29) is 5.78 Å². The molecule has 2 aromatic rings. The van der Waals surface area contributed by atoms with Crippen molar-refractivity contribution in [1.29, 1.82) is 0 Å². The summed E-state index contributed by atoms with van der Waals surface area (Å²) in [6, 6.07) is 9.41. The Morgan fingerprint density at radius 3 is 2.48 bits per heavy atom. The maximum atomic E-state index is 11.9. The molecule has 0 spiro atoms. The lowest BCUT2D eigenvalue weighted by Crippen LogP contribution is -2.39. The van der Waals surface area contributed by atoms with Gasteiger partial charge in [-0.3, -0.25) is 9.59 Å². The van der Waals surface area contributed by atoms with E-state index >= 15 is 0 Å². The van der Waals surface area contributed by atoms with Crippen molar-refractivity contribution in [1.82, 2.24) is 5.32 Å². The second-order valence-electron chi connectivity index (χ2n) is 5.47. The van der Waals surface area contributed by atoms with Crippen LogP contribution < -0.4 is 10.1 Å². The first-order valence-corrected chi connectivity index (χ1v) is 9.16. The highest BCUT2D eigenvalue weighted by Gasteiger charge is 2.18. The molecule has 0 bridgehead atoms. The number of ketones is 1. The lowest BCUT2D eigenvalue weighted by molar-refractivity contribution is -0.145. The second-order valence-corrected chi connectivity index (χ2v) is 7.19. The zero-order valence-corrected chi connectivity index (χ0v) is 16.3. The highest BCUT2D eigenvalue weighted by atomic mass is 35.5. The first-order chi connectivity index (χ1) is 12.9. The molecule has 1 aromatic carbocycles. The number of Topliss-reactive ketones (excluding diaryl/α,β-unsaturated/α-hetero) is 1. The molecule has 2 rings (SSSR count). The van der Waals surface area contributed by atoms with Gasteiger partial charge in [-0.2, -0.15) is 0 Å². The molecule has 8 heteroatoms. The van der Waals surface area contributed by atoms with E-state index < -0.39 is 24.5 Å². The van der Waals surface area contributed by atoms with E-state index in [0.29, 0.717) is 15.0 Å². The summed E-state index contributed by atoms with van der Waals surface area (Å²) in [7, 11) is 1.57. The Balaban J connectivity index is 1.79. The Morgan fingerprint density at radius 1 is 1.19 bits per heavy atom. The Labute approximate surface area is 165 Å². The van der Waals surface area contributed by atoms with E-state index in [4.69, 9.17) is 21.1 Å². The van der Waals surface area contributed by atoms with Crippen LogP contribution in [0.2, 0.25) is 4.34 Å². The fraction of sp³-hybridized carbons (Fsp3) is 0.211. The van der Waals surface area contributed by atoms with Gasteiger partial charge in [0.25, 0.3) is 0 Å². The molecule has 142 valence electrons. The predicted octanol–water partition coefficient (Wildman–Crippen LogP) is 3.35. The van der Waals surface area contributed by atoms with Gasteiger partial charge in [-0.05, 0) is 42.8 Å². The number of carbonyl (C=O) groups excluding carboxylic acids is 3. The van der Waals surface area contributed by atoms with Gasteiger partial charge in [0.1, 0.15) is 11.8 Å². The Morgan fingerprint density at radius 2 is 1.89 bits per heavy atom. The Kier molecular flexibility index (Phi) is 7.57. The number of nitrogens with one attached hydrogen (secondary N) is 1. The molecule has 0 aliphatic heterocycles. The van der Waals surface area contributed by atoms with Crippen LogP contribution in [0.15, 0.2) is 42.5 Å². The molecule has 0 radical (unpaired) electrons. The van der Waals surface area contributed by atoms with Gasteiger partial charge in [-0.25, -0.2) is 4.79 Å². The smallest absolute Gasteiger partial charge is 0.328 e. The quantitative estimate of drug-likeness (QED) is 0.412. The first kappa shape index (κ1) is 20.7. The maximum absolute atomic E-state index is 11.9. The zero-order valence-electron chi connectivity index (χ0n) is 14.7. The summed E-state index contributed by atoms with van der Waals surface area (Å²) in [6.45, 7) is 1.07. The average molecular weight is 408 g/mol. The molecule has 1 aromatic heterocycles. The van der Waals surface area contributed by atoms with Crippen molar-refractivity contribution in [3.63, 3.8) is 0 Å². The van der Waals surface area contributed by atoms with Crippen LogP contribution in [0.1, 0.15) is 22.2 Å². The minimum absolute atomic E-state index is 0.349. The predicted molar refractivity (Wildman–Crippen MR) is 104 cm³/mol. The molecule has 0 saturated carbocycles. The van der Waals surface area contributed by atoms with E-state index in [1.165, 1.54) is 13.0 Å². The van der Waals surface area contributed by atoms with Gasteiger partial charge in [-0.1, -0.05) is 23.7 Å². The molecule has 1 N–H and O–H groups in total. The highest BCUT2D eigenvalue weighted by molar-refractivity contribution is 7.18. The van der Waals surface area contributed by atoms with Crippen LogP contribution in [0.5, 0.6) is 5.75 Å². The molecule has 0 unspecified atom stereocenters. The molecule has 1 heterocycles. The highest BCUT2D eigenvalue weighted by Crippen LogP contribution is 2.21. The standard InChI is InChI=1S/C19H18ClNO5S/c1-12(19(24)26-11-15(22)16-8-9-17(20)27-16)21-18(23)10-5-13-3-6-14(25-2)7-4-13/h3-10,12H,11H2,1-2H3,(H,21,23)/b10-5+/t12-/m1/s1. The normalized spacial score (nSPS) is 11.8. The van der Waals surface area contributed by atoms with Crippen LogP contribution in [-0.4, -0.2) is 37.4 Å². The van der Waals surface area contributed by atoms with Crippen LogP contribution in [0.25, 0.3) is 6.08 Å². The van der Waals surface area contributed by atoms with Gasteiger partial charge >= 0.3 is 5.97 Å². The molecule has 1 amide bonds. The minimum atomic E-state index is -0.891. The second kappa shape index (κ2) is 9.89. The van der Waals surface area contributed by atoms with E-state index in [2.05, 4.69) is 5.32 Å². The number of hydrogen-bond acceptors (Lipinski definition) is 6. The van der Waals surface area contributed by atoms with Crippen molar-refractivity contribution in [2.45, 2.75) is 13.0 Å². The maximum Gasteiger partial charge on any atom is 0.328 e. The van der Waals surface area contributed by atoms with Crippen molar-refractivity contribution in [2.75, 3.05) is 13.7 Å². The number of benzene rings is 1. The van der Waals surface area contributed by atoms with Crippen LogP contribution in [0.4, 0.5) is 0 Å². The fourth-order valence-electron chi connectivity index (χ4n) is 2.00. The average Bonchev–Trinajstić information content (AvgIpc) is 3.11. The third kappa shape index (κ3) is 6.54. The number of methoxy groups -OCH3 is 1. The summed E-state index contributed by atoms with van der Waals surface area (Å²) >= 11 is 6.87. The molecule has 0 saturated heterocycles. The summed E-state index contributed by atoms with van der Waals surface area (Å²) in [5.41, 5.74) is 0.807. The SMILES string of the molecule is COc1ccc(/C=C/C(=O)N[C@H](C)C(=O)OCC(=O)c2ccc(Cl)s2)cc1. The van der Waals surface area contributed by atoms with Crippen molar-refractivity contribution in [2.24, 2.45) is 0 Å². The third-order valence-corrected chi connectivity index (χ3v) is 4.72. The molecule has 1 atom stereocenters. The van der Waals surface area contributed by atoms with E-state index in [1.807, 2.05) is 0 Å². The zero-order chi connectivity index (χ0) is 19.8. The van der Waals surface area contributed by atoms with Crippen molar-refractivity contribution in [3.05, 3.63) is 57.3 Å². The van der Waals surface area contributed by atoms with Crippen LogP contribution in [0, 0.1) is 0 Å². The number of ether oxygens (including phenoxy) is 2. The Hall–Kier alpha value is -2.64. The van der Waals surface area contributed by atoms with Crippen molar-refractivity contribution < 1.29 is 23.9 Å². The molecular weight excluding hydrogens is 390 g/mol. The van der Waals surface area contributed by atoms with Crippen molar-refractivity contribution in [3.8, 4) is 5.75 Å². The van der Waals surface area contributed by atoms with Gasteiger partial charge in [0.05, 0.1) is 16.3 Å². The van der Waals surface area contributed by atoms with Crippen LogP contribution in [-0.2, 0) is 14.3 Å². The number of amides is 1.